The standard InChI is InChI=1S/C17H15ClN2OS2/c1-11-6-7-13(12(18)8-11)19-16(21)9-22-10-17-20-14-4-2-3-5-15(14)23-17/h2-8H,9-10H2,1H3,(H,19,21). The number of thiazole rings is 1. The zero-order valence-electron chi connectivity index (χ0n) is 12.5. The summed E-state index contributed by atoms with van der Waals surface area (Å²) in [5, 5.41) is 4.45. The van der Waals surface area contributed by atoms with Gasteiger partial charge in [-0.15, -0.1) is 23.1 Å². The van der Waals surface area contributed by atoms with Gasteiger partial charge >= 0.3 is 0 Å². The Kier molecular flexibility index (Phi) is 5.20. The summed E-state index contributed by atoms with van der Waals surface area (Å²) in [6, 6.07) is 13.7. The van der Waals surface area contributed by atoms with Crippen molar-refractivity contribution in [1.29, 1.82) is 0 Å². The number of aryl methyl sites for hydroxylation is 1. The molecule has 0 radical (unpaired) electrons. The Morgan fingerprint density at radius 2 is 2.13 bits per heavy atom. The first-order valence-corrected chi connectivity index (χ1v) is 9.45. The predicted molar refractivity (Wildman–Crippen MR) is 101 cm³/mol. The SMILES string of the molecule is Cc1ccc(NC(=O)CSCc2nc3ccccc3s2)c(Cl)c1. The maximum Gasteiger partial charge on any atom is 0.234 e. The van der Waals surface area contributed by atoms with Gasteiger partial charge in [-0.2, -0.15) is 0 Å². The Morgan fingerprint density at radius 3 is 2.91 bits per heavy atom. The lowest BCUT2D eigenvalue weighted by Crippen LogP contribution is -2.14. The van der Waals surface area contributed by atoms with E-state index in [-0.39, 0.29) is 5.91 Å². The van der Waals surface area contributed by atoms with Crippen LogP contribution in [0.3, 0.4) is 0 Å². The third kappa shape index (κ3) is 4.25. The number of benzene rings is 2. The van der Waals surface area contributed by atoms with Crippen LogP contribution in [0, 0.1) is 6.92 Å². The van der Waals surface area contributed by atoms with E-state index < -0.39 is 0 Å². The van der Waals surface area contributed by atoms with Gasteiger partial charge in [0.1, 0.15) is 5.01 Å². The highest BCUT2D eigenvalue weighted by Gasteiger charge is 2.08. The molecule has 3 nitrogen and oxygen atoms in total. The van der Waals surface area contributed by atoms with E-state index in [4.69, 9.17) is 11.6 Å². The Hall–Kier alpha value is -1.56. The van der Waals surface area contributed by atoms with Gasteiger partial charge in [0.15, 0.2) is 0 Å². The predicted octanol–water partition coefficient (Wildman–Crippen LogP) is 5.13. The molecular formula is C17H15ClN2OS2. The average Bonchev–Trinajstić information content (AvgIpc) is 2.93. The van der Waals surface area contributed by atoms with Gasteiger partial charge < -0.3 is 5.32 Å². The minimum Gasteiger partial charge on any atom is -0.324 e. The minimum atomic E-state index is -0.0538. The summed E-state index contributed by atoms with van der Waals surface area (Å²) in [6.45, 7) is 1.96. The van der Waals surface area contributed by atoms with Crippen molar-refractivity contribution in [3.8, 4) is 0 Å². The van der Waals surface area contributed by atoms with Crippen LogP contribution >= 0.6 is 34.7 Å². The number of para-hydroxylation sites is 1. The monoisotopic (exact) mass is 362 g/mol. The van der Waals surface area contributed by atoms with Gasteiger partial charge in [-0.05, 0) is 36.8 Å². The van der Waals surface area contributed by atoms with Crippen LogP contribution in [-0.2, 0) is 10.5 Å². The van der Waals surface area contributed by atoms with E-state index in [0.717, 1.165) is 21.8 Å². The molecule has 1 aromatic heterocycles. The zero-order chi connectivity index (χ0) is 16.2. The van der Waals surface area contributed by atoms with Crippen LogP contribution < -0.4 is 5.32 Å². The number of aromatic nitrogens is 1. The lowest BCUT2D eigenvalue weighted by Gasteiger charge is -2.07. The Bertz CT molecular complexity index is 814. The first kappa shape index (κ1) is 16.3. The number of carbonyl (C=O) groups excluding carboxylic acids is 1. The van der Waals surface area contributed by atoms with Crippen LogP contribution in [0.4, 0.5) is 5.69 Å². The quantitative estimate of drug-likeness (QED) is 0.684. The van der Waals surface area contributed by atoms with Crippen molar-refractivity contribution in [1.82, 2.24) is 4.98 Å². The van der Waals surface area contributed by atoms with Crippen molar-refractivity contribution in [3.05, 3.63) is 58.1 Å². The second-order valence-corrected chi connectivity index (χ2v) is 7.61. The number of nitrogens with one attached hydrogen (secondary N) is 1. The first-order chi connectivity index (χ1) is 11.1. The summed E-state index contributed by atoms with van der Waals surface area (Å²) in [7, 11) is 0. The molecule has 1 heterocycles. The van der Waals surface area contributed by atoms with E-state index in [0.29, 0.717) is 16.5 Å². The topological polar surface area (TPSA) is 42.0 Å². The van der Waals surface area contributed by atoms with Gasteiger partial charge in [-0.1, -0.05) is 29.8 Å². The minimum absolute atomic E-state index is 0.0538. The highest BCUT2D eigenvalue weighted by atomic mass is 35.5. The second kappa shape index (κ2) is 7.34. The lowest BCUT2D eigenvalue weighted by atomic mass is 10.2. The average molecular weight is 363 g/mol. The van der Waals surface area contributed by atoms with Gasteiger partial charge in [0.05, 0.1) is 26.7 Å². The molecule has 0 atom stereocenters. The van der Waals surface area contributed by atoms with Crippen LogP contribution in [0.15, 0.2) is 42.5 Å². The molecule has 0 aliphatic carbocycles. The molecular weight excluding hydrogens is 348 g/mol. The Balaban J connectivity index is 1.52. The number of halogens is 1. The van der Waals surface area contributed by atoms with Crippen LogP contribution in [0.2, 0.25) is 5.02 Å². The molecule has 0 saturated heterocycles. The molecule has 3 aromatic rings. The Labute approximate surface area is 148 Å². The maximum absolute atomic E-state index is 12.0. The summed E-state index contributed by atoms with van der Waals surface area (Å²) < 4.78 is 1.18. The van der Waals surface area contributed by atoms with Crippen molar-refractivity contribution < 1.29 is 4.79 Å². The third-order valence-electron chi connectivity index (χ3n) is 3.20. The summed E-state index contributed by atoms with van der Waals surface area (Å²) in [5.74, 6) is 1.05. The van der Waals surface area contributed by atoms with Gasteiger partial charge in [-0.25, -0.2) is 4.98 Å². The fourth-order valence-corrected chi connectivity index (χ4v) is 4.25. The molecule has 118 valence electrons. The van der Waals surface area contributed by atoms with Crippen molar-refractivity contribution in [2.75, 3.05) is 11.1 Å². The first-order valence-electron chi connectivity index (χ1n) is 7.10. The van der Waals surface area contributed by atoms with Crippen LogP contribution in [-0.4, -0.2) is 16.6 Å². The summed E-state index contributed by atoms with van der Waals surface area (Å²) in [4.78, 5) is 16.6. The van der Waals surface area contributed by atoms with Gasteiger partial charge in [0.25, 0.3) is 0 Å². The molecule has 6 heteroatoms. The number of amides is 1. The number of anilines is 1. The van der Waals surface area contributed by atoms with Crippen LogP contribution in [0.25, 0.3) is 10.2 Å². The largest absolute Gasteiger partial charge is 0.324 e. The number of fused-ring (bicyclic) bond motifs is 1. The molecule has 0 aliphatic rings. The highest BCUT2D eigenvalue weighted by molar-refractivity contribution is 7.99. The third-order valence-corrected chi connectivity index (χ3v) is 5.67. The highest BCUT2D eigenvalue weighted by Crippen LogP contribution is 2.25. The van der Waals surface area contributed by atoms with Crippen LogP contribution in [0.1, 0.15) is 10.6 Å². The lowest BCUT2D eigenvalue weighted by molar-refractivity contribution is -0.113. The second-order valence-electron chi connectivity index (χ2n) is 5.10. The zero-order valence-corrected chi connectivity index (χ0v) is 14.9. The number of thioether (sulfide) groups is 1. The van der Waals surface area contributed by atoms with Gasteiger partial charge in [0, 0.05) is 5.75 Å². The smallest absolute Gasteiger partial charge is 0.234 e. The molecule has 0 fully saturated rings. The molecule has 0 saturated carbocycles. The fraction of sp³-hybridized carbons (Fsp3) is 0.176. The molecule has 1 N–H and O–H groups in total. The van der Waals surface area contributed by atoms with E-state index in [1.165, 1.54) is 4.70 Å². The van der Waals surface area contributed by atoms with E-state index in [1.807, 2.05) is 43.3 Å². The number of hydrogen-bond acceptors (Lipinski definition) is 4. The molecule has 23 heavy (non-hydrogen) atoms. The van der Waals surface area contributed by atoms with E-state index in [1.54, 1.807) is 23.1 Å². The summed E-state index contributed by atoms with van der Waals surface area (Å²) in [5.41, 5.74) is 2.74. The van der Waals surface area contributed by atoms with E-state index in [2.05, 4.69) is 16.4 Å². The molecule has 0 bridgehead atoms. The van der Waals surface area contributed by atoms with Crippen LogP contribution in [0.5, 0.6) is 0 Å². The van der Waals surface area contributed by atoms with Gasteiger partial charge in [0.2, 0.25) is 5.91 Å². The molecule has 2 aromatic carbocycles. The van der Waals surface area contributed by atoms with Crippen molar-refractivity contribution in [2.45, 2.75) is 12.7 Å². The fourth-order valence-electron chi connectivity index (χ4n) is 2.12. The molecule has 0 unspecified atom stereocenters. The molecule has 0 aliphatic heterocycles. The van der Waals surface area contributed by atoms with E-state index >= 15 is 0 Å². The Morgan fingerprint density at radius 1 is 1.30 bits per heavy atom. The molecule has 0 spiro atoms. The summed E-state index contributed by atoms with van der Waals surface area (Å²) >= 11 is 9.34. The summed E-state index contributed by atoms with van der Waals surface area (Å²) in [6.07, 6.45) is 0. The maximum atomic E-state index is 12.0. The van der Waals surface area contributed by atoms with Crippen molar-refractivity contribution in [3.63, 3.8) is 0 Å². The molecule has 1 amide bonds. The number of carbonyl (C=O) groups is 1. The number of nitrogens with zero attached hydrogens (tertiary/aromatic N) is 1. The van der Waals surface area contributed by atoms with Gasteiger partial charge in [-0.3, -0.25) is 4.79 Å². The molecule has 3 rings (SSSR count). The number of rotatable bonds is 5. The van der Waals surface area contributed by atoms with E-state index in [9.17, 15) is 4.79 Å². The normalized spacial score (nSPS) is 10.9. The van der Waals surface area contributed by atoms with Crippen molar-refractivity contribution >= 4 is 56.5 Å². The number of hydrogen-bond donors (Lipinski definition) is 1. The van der Waals surface area contributed by atoms with Crippen molar-refractivity contribution in [2.24, 2.45) is 0 Å².